The predicted octanol–water partition coefficient (Wildman–Crippen LogP) is 1.77. The SMILES string of the molecule is COCCC(C)NC(=O)Cc1ccc(N)cc1.Cl. The van der Waals surface area contributed by atoms with E-state index in [1.807, 2.05) is 19.1 Å². The molecule has 1 unspecified atom stereocenters. The van der Waals surface area contributed by atoms with E-state index in [0.29, 0.717) is 18.7 Å². The summed E-state index contributed by atoms with van der Waals surface area (Å²) >= 11 is 0. The van der Waals surface area contributed by atoms with Gasteiger partial charge in [-0.15, -0.1) is 12.4 Å². The monoisotopic (exact) mass is 272 g/mol. The smallest absolute Gasteiger partial charge is 0.224 e. The highest BCUT2D eigenvalue weighted by Gasteiger charge is 2.07. The van der Waals surface area contributed by atoms with Gasteiger partial charge in [-0.2, -0.15) is 0 Å². The van der Waals surface area contributed by atoms with Gasteiger partial charge in [0.2, 0.25) is 5.91 Å². The first-order chi connectivity index (χ1) is 8.11. The molecular weight excluding hydrogens is 252 g/mol. The molecule has 1 amide bonds. The van der Waals surface area contributed by atoms with Crippen molar-refractivity contribution >= 4 is 24.0 Å². The van der Waals surface area contributed by atoms with Crippen LogP contribution in [0.4, 0.5) is 5.69 Å². The van der Waals surface area contributed by atoms with Crippen LogP contribution in [0.15, 0.2) is 24.3 Å². The predicted molar refractivity (Wildman–Crippen MR) is 75.9 cm³/mol. The maximum atomic E-state index is 11.7. The van der Waals surface area contributed by atoms with E-state index >= 15 is 0 Å². The van der Waals surface area contributed by atoms with Crippen molar-refractivity contribution in [2.24, 2.45) is 0 Å². The van der Waals surface area contributed by atoms with Crippen LogP contribution in [-0.4, -0.2) is 25.7 Å². The fraction of sp³-hybridized carbons (Fsp3) is 0.462. The summed E-state index contributed by atoms with van der Waals surface area (Å²) < 4.78 is 4.96. The molecule has 0 radical (unpaired) electrons. The normalized spacial score (nSPS) is 11.4. The number of hydrogen-bond donors (Lipinski definition) is 2. The van der Waals surface area contributed by atoms with Crippen molar-refractivity contribution in [1.82, 2.24) is 5.32 Å². The molecule has 1 aromatic rings. The van der Waals surface area contributed by atoms with Crippen molar-refractivity contribution in [3.63, 3.8) is 0 Å². The Hall–Kier alpha value is -1.26. The van der Waals surface area contributed by atoms with Crippen LogP contribution < -0.4 is 11.1 Å². The van der Waals surface area contributed by atoms with Gasteiger partial charge in [-0.25, -0.2) is 0 Å². The summed E-state index contributed by atoms with van der Waals surface area (Å²) in [6, 6.07) is 7.48. The van der Waals surface area contributed by atoms with E-state index in [0.717, 1.165) is 12.0 Å². The largest absolute Gasteiger partial charge is 0.399 e. The maximum absolute atomic E-state index is 11.7. The molecule has 1 aromatic carbocycles. The van der Waals surface area contributed by atoms with Gasteiger partial charge in [0.15, 0.2) is 0 Å². The van der Waals surface area contributed by atoms with Gasteiger partial charge in [-0.3, -0.25) is 4.79 Å². The fourth-order valence-corrected chi connectivity index (χ4v) is 1.51. The molecule has 0 saturated heterocycles. The summed E-state index contributed by atoms with van der Waals surface area (Å²) in [7, 11) is 1.66. The van der Waals surface area contributed by atoms with E-state index in [9.17, 15) is 4.79 Å². The number of hydrogen-bond acceptors (Lipinski definition) is 3. The number of nitrogen functional groups attached to an aromatic ring is 1. The molecule has 3 N–H and O–H groups in total. The molecule has 0 aliphatic carbocycles. The molecule has 0 aliphatic heterocycles. The van der Waals surface area contributed by atoms with Gasteiger partial charge in [0, 0.05) is 25.4 Å². The second-order valence-electron chi connectivity index (χ2n) is 4.17. The number of carbonyl (C=O) groups is 1. The van der Waals surface area contributed by atoms with E-state index in [1.165, 1.54) is 0 Å². The lowest BCUT2D eigenvalue weighted by atomic mass is 10.1. The van der Waals surface area contributed by atoms with Gasteiger partial charge in [0.1, 0.15) is 0 Å². The summed E-state index contributed by atoms with van der Waals surface area (Å²) in [4.78, 5) is 11.7. The van der Waals surface area contributed by atoms with Gasteiger partial charge >= 0.3 is 0 Å². The summed E-state index contributed by atoms with van der Waals surface area (Å²) in [6.07, 6.45) is 1.21. The molecule has 0 saturated carbocycles. The van der Waals surface area contributed by atoms with Crippen LogP contribution in [0, 0.1) is 0 Å². The number of rotatable bonds is 6. The average Bonchev–Trinajstić information content (AvgIpc) is 2.29. The number of nitrogens with one attached hydrogen (secondary N) is 1. The van der Waals surface area contributed by atoms with Crippen LogP contribution in [0.3, 0.4) is 0 Å². The highest BCUT2D eigenvalue weighted by atomic mass is 35.5. The minimum absolute atomic E-state index is 0. The number of amides is 1. The van der Waals surface area contributed by atoms with Crippen molar-refractivity contribution in [3.8, 4) is 0 Å². The first kappa shape index (κ1) is 16.7. The van der Waals surface area contributed by atoms with E-state index in [4.69, 9.17) is 10.5 Å². The van der Waals surface area contributed by atoms with E-state index in [1.54, 1.807) is 19.2 Å². The number of carbonyl (C=O) groups excluding carboxylic acids is 1. The molecule has 0 bridgehead atoms. The van der Waals surface area contributed by atoms with Crippen LogP contribution >= 0.6 is 12.4 Å². The topological polar surface area (TPSA) is 64.3 Å². The Morgan fingerprint density at radius 1 is 1.39 bits per heavy atom. The van der Waals surface area contributed by atoms with Crippen LogP contribution in [-0.2, 0) is 16.0 Å². The van der Waals surface area contributed by atoms with E-state index < -0.39 is 0 Å². The molecule has 5 heteroatoms. The van der Waals surface area contributed by atoms with Crippen molar-refractivity contribution in [2.45, 2.75) is 25.8 Å². The zero-order valence-corrected chi connectivity index (χ0v) is 11.6. The Labute approximate surface area is 114 Å². The van der Waals surface area contributed by atoms with Crippen molar-refractivity contribution in [2.75, 3.05) is 19.5 Å². The number of nitrogens with two attached hydrogens (primary N) is 1. The van der Waals surface area contributed by atoms with Gasteiger partial charge < -0.3 is 15.8 Å². The molecule has 4 nitrogen and oxygen atoms in total. The van der Waals surface area contributed by atoms with Crippen molar-refractivity contribution in [3.05, 3.63) is 29.8 Å². The van der Waals surface area contributed by atoms with Crippen LogP contribution in [0.2, 0.25) is 0 Å². The maximum Gasteiger partial charge on any atom is 0.224 e. The molecule has 0 heterocycles. The standard InChI is InChI=1S/C13H20N2O2.ClH/c1-10(7-8-17-2)15-13(16)9-11-3-5-12(14)6-4-11;/h3-6,10H,7-9,14H2,1-2H3,(H,15,16);1H. The van der Waals surface area contributed by atoms with Crippen LogP contribution in [0.5, 0.6) is 0 Å². The molecule has 0 fully saturated rings. The zero-order valence-electron chi connectivity index (χ0n) is 10.8. The summed E-state index contributed by atoms with van der Waals surface area (Å²) in [5.74, 6) is 0.0263. The Morgan fingerprint density at radius 3 is 2.56 bits per heavy atom. The lowest BCUT2D eigenvalue weighted by Crippen LogP contribution is -2.34. The number of halogens is 1. The van der Waals surface area contributed by atoms with Crippen LogP contribution in [0.25, 0.3) is 0 Å². The summed E-state index contributed by atoms with van der Waals surface area (Å²) in [5.41, 5.74) is 7.26. The number of ether oxygens (including phenoxy) is 1. The number of benzene rings is 1. The Kier molecular flexibility index (Phi) is 8.16. The molecule has 1 atom stereocenters. The third-order valence-corrected chi connectivity index (χ3v) is 2.51. The van der Waals surface area contributed by atoms with Crippen LogP contribution in [0.1, 0.15) is 18.9 Å². The van der Waals surface area contributed by atoms with Crippen molar-refractivity contribution in [1.29, 1.82) is 0 Å². The summed E-state index contributed by atoms with van der Waals surface area (Å²) in [5, 5.41) is 2.93. The van der Waals surface area contributed by atoms with Gasteiger partial charge in [-0.05, 0) is 31.0 Å². The molecular formula is C13H21ClN2O2. The Morgan fingerprint density at radius 2 is 2.00 bits per heavy atom. The first-order valence-electron chi connectivity index (χ1n) is 5.74. The van der Waals surface area contributed by atoms with E-state index in [-0.39, 0.29) is 24.4 Å². The third kappa shape index (κ3) is 6.47. The van der Waals surface area contributed by atoms with Crippen molar-refractivity contribution < 1.29 is 9.53 Å². The quantitative estimate of drug-likeness (QED) is 0.776. The molecule has 1 rings (SSSR count). The Bertz CT molecular complexity index is 355. The first-order valence-corrected chi connectivity index (χ1v) is 5.74. The zero-order chi connectivity index (χ0) is 12.7. The second-order valence-corrected chi connectivity index (χ2v) is 4.17. The van der Waals surface area contributed by atoms with Gasteiger partial charge in [-0.1, -0.05) is 12.1 Å². The highest BCUT2D eigenvalue weighted by Crippen LogP contribution is 2.06. The van der Waals surface area contributed by atoms with E-state index in [2.05, 4.69) is 5.32 Å². The molecule has 102 valence electrons. The highest BCUT2D eigenvalue weighted by molar-refractivity contribution is 5.85. The number of anilines is 1. The lowest BCUT2D eigenvalue weighted by Gasteiger charge is -2.13. The number of methoxy groups -OCH3 is 1. The molecule has 0 spiro atoms. The minimum Gasteiger partial charge on any atom is -0.399 e. The molecule has 0 aromatic heterocycles. The molecule has 0 aliphatic rings. The molecule has 18 heavy (non-hydrogen) atoms. The summed E-state index contributed by atoms with van der Waals surface area (Å²) in [6.45, 7) is 2.63. The van der Waals surface area contributed by atoms with Gasteiger partial charge in [0.25, 0.3) is 0 Å². The third-order valence-electron chi connectivity index (χ3n) is 2.51. The average molecular weight is 273 g/mol. The lowest BCUT2D eigenvalue weighted by molar-refractivity contribution is -0.121. The Balaban J connectivity index is 0.00000289. The second kappa shape index (κ2) is 8.78. The van der Waals surface area contributed by atoms with Gasteiger partial charge in [0.05, 0.1) is 6.42 Å². The fourth-order valence-electron chi connectivity index (χ4n) is 1.51. The minimum atomic E-state index is 0.